The van der Waals surface area contributed by atoms with E-state index in [0.29, 0.717) is 19.5 Å². The number of aliphatic carboxylic acids is 1. The molecule has 6 nitrogen and oxygen atoms in total. The molecule has 0 radical (unpaired) electrons. The number of piperidine rings is 1. The molecule has 0 aromatic carbocycles. The summed E-state index contributed by atoms with van der Waals surface area (Å²) in [5.41, 5.74) is 0.440. The average molecular weight is 294 g/mol. The molecule has 2 heterocycles. The predicted octanol–water partition coefficient (Wildman–Crippen LogP) is 1.26. The molecule has 1 unspecified atom stereocenters. The van der Waals surface area contributed by atoms with Crippen LogP contribution in [0.3, 0.4) is 0 Å². The highest BCUT2D eigenvalue weighted by Gasteiger charge is 2.25. The van der Waals surface area contributed by atoms with Gasteiger partial charge in [0.05, 0.1) is 12.1 Å². The quantitative estimate of drug-likeness (QED) is 0.854. The fourth-order valence-electron chi connectivity index (χ4n) is 2.82. The van der Waals surface area contributed by atoms with Crippen molar-refractivity contribution in [3.8, 4) is 5.75 Å². The second-order valence-corrected chi connectivity index (χ2v) is 5.62. The summed E-state index contributed by atoms with van der Waals surface area (Å²) in [7, 11) is 0. The SMILES string of the molecule is CCCn1cc(O)c(=O)cc1CN1CCCC(C(=O)O)C1. The van der Waals surface area contributed by atoms with Gasteiger partial charge < -0.3 is 14.8 Å². The first-order valence-electron chi connectivity index (χ1n) is 7.38. The van der Waals surface area contributed by atoms with Crippen molar-refractivity contribution in [2.24, 2.45) is 5.92 Å². The second kappa shape index (κ2) is 6.76. The van der Waals surface area contributed by atoms with Gasteiger partial charge in [0.15, 0.2) is 5.75 Å². The van der Waals surface area contributed by atoms with Gasteiger partial charge in [0.2, 0.25) is 5.43 Å². The maximum Gasteiger partial charge on any atom is 0.307 e. The Morgan fingerprint density at radius 1 is 1.48 bits per heavy atom. The number of hydrogen-bond acceptors (Lipinski definition) is 4. The van der Waals surface area contributed by atoms with E-state index in [0.717, 1.165) is 31.6 Å². The van der Waals surface area contributed by atoms with Crippen LogP contribution in [0.2, 0.25) is 0 Å². The standard InChI is InChI=1S/C15H22N2O4/c1-2-5-17-10-14(19)13(18)7-12(17)9-16-6-3-4-11(8-16)15(20)21/h7,10-11,19H,2-6,8-9H2,1H3,(H,20,21). The van der Waals surface area contributed by atoms with E-state index in [4.69, 9.17) is 5.11 Å². The third kappa shape index (κ3) is 3.85. The minimum Gasteiger partial charge on any atom is -0.503 e. The van der Waals surface area contributed by atoms with Crippen LogP contribution in [0.4, 0.5) is 0 Å². The van der Waals surface area contributed by atoms with E-state index in [-0.39, 0.29) is 17.1 Å². The number of aromatic nitrogens is 1. The Morgan fingerprint density at radius 2 is 2.24 bits per heavy atom. The first-order chi connectivity index (χ1) is 10.0. The van der Waals surface area contributed by atoms with E-state index >= 15 is 0 Å². The van der Waals surface area contributed by atoms with Gasteiger partial charge in [0.25, 0.3) is 0 Å². The van der Waals surface area contributed by atoms with Gasteiger partial charge in [-0.3, -0.25) is 14.5 Å². The first-order valence-corrected chi connectivity index (χ1v) is 7.38. The van der Waals surface area contributed by atoms with Crippen molar-refractivity contribution in [1.29, 1.82) is 0 Å². The Kier molecular flexibility index (Phi) is 5.01. The number of aromatic hydroxyl groups is 1. The highest BCUT2D eigenvalue weighted by molar-refractivity contribution is 5.70. The molecule has 0 bridgehead atoms. The average Bonchev–Trinajstić information content (AvgIpc) is 2.45. The fourth-order valence-corrected chi connectivity index (χ4v) is 2.82. The smallest absolute Gasteiger partial charge is 0.307 e. The molecule has 1 aromatic heterocycles. The number of carbonyl (C=O) groups is 1. The molecule has 1 aliphatic heterocycles. The number of nitrogens with zero attached hydrogens (tertiary/aromatic N) is 2. The molecule has 2 rings (SSSR count). The van der Waals surface area contributed by atoms with Gasteiger partial charge in [-0.25, -0.2) is 0 Å². The van der Waals surface area contributed by atoms with Crippen molar-refractivity contribution in [3.63, 3.8) is 0 Å². The van der Waals surface area contributed by atoms with Crippen LogP contribution >= 0.6 is 0 Å². The Bertz CT molecular complexity index is 567. The van der Waals surface area contributed by atoms with Crippen LogP contribution in [0.1, 0.15) is 31.9 Å². The summed E-state index contributed by atoms with van der Waals surface area (Å²) >= 11 is 0. The minimum absolute atomic E-state index is 0.241. The number of carboxylic acids is 1. The van der Waals surface area contributed by atoms with Crippen LogP contribution in [0.15, 0.2) is 17.1 Å². The lowest BCUT2D eigenvalue weighted by molar-refractivity contribution is -0.143. The molecule has 1 aromatic rings. The molecule has 1 fully saturated rings. The molecule has 0 spiro atoms. The summed E-state index contributed by atoms with van der Waals surface area (Å²) in [6.45, 7) is 4.64. The van der Waals surface area contributed by atoms with E-state index in [1.54, 1.807) is 0 Å². The summed E-state index contributed by atoms with van der Waals surface area (Å²) in [5.74, 6) is -1.33. The topological polar surface area (TPSA) is 82.8 Å². The highest BCUT2D eigenvalue weighted by Crippen LogP contribution is 2.19. The largest absolute Gasteiger partial charge is 0.503 e. The third-order valence-electron chi connectivity index (χ3n) is 3.90. The van der Waals surface area contributed by atoms with Gasteiger partial charge in [0.1, 0.15) is 0 Å². The number of rotatable bonds is 5. The summed E-state index contributed by atoms with van der Waals surface area (Å²) in [6, 6.07) is 1.45. The minimum atomic E-state index is -0.753. The zero-order valence-electron chi connectivity index (χ0n) is 12.3. The number of hydrogen-bond donors (Lipinski definition) is 2. The van der Waals surface area contributed by atoms with E-state index in [9.17, 15) is 14.7 Å². The number of pyridine rings is 1. The molecule has 0 aliphatic carbocycles. The van der Waals surface area contributed by atoms with Crippen LogP contribution < -0.4 is 5.43 Å². The van der Waals surface area contributed by atoms with Crippen molar-refractivity contribution in [2.45, 2.75) is 39.3 Å². The third-order valence-corrected chi connectivity index (χ3v) is 3.90. The van der Waals surface area contributed by atoms with E-state index in [2.05, 4.69) is 4.90 Å². The number of likely N-dealkylation sites (tertiary alicyclic amines) is 1. The van der Waals surface area contributed by atoms with Gasteiger partial charge >= 0.3 is 5.97 Å². The zero-order chi connectivity index (χ0) is 15.4. The van der Waals surface area contributed by atoms with Crippen LogP contribution in [-0.2, 0) is 17.9 Å². The summed E-state index contributed by atoms with van der Waals surface area (Å²) in [5, 5.41) is 18.7. The summed E-state index contributed by atoms with van der Waals surface area (Å²) < 4.78 is 1.88. The maximum atomic E-state index is 11.6. The van der Waals surface area contributed by atoms with Crippen molar-refractivity contribution >= 4 is 5.97 Å². The molecule has 1 saturated heterocycles. The summed E-state index contributed by atoms with van der Waals surface area (Å²) in [6.07, 6.45) is 3.93. The molecule has 6 heteroatoms. The van der Waals surface area contributed by atoms with Crippen molar-refractivity contribution < 1.29 is 15.0 Å². The molecule has 0 saturated carbocycles. The monoisotopic (exact) mass is 294 g/mol. The van der Waals surface area contributed by atoms with E-state index in [1.165, 1.54) is 12.3 Å². The number of carboxylic acid groups (broad SMARTS) is 1. The molecular formula is C15H22N2O4. The second-order valence-electron chi connectivity index (χ2n) is 5.62. The predicted molar refractivity (Wildman–Crippen MR) is 78.3 cm³/mol. The molecule has 1 atom stereocenters. The van der Waals surface area contributed by atoms with Crippen LogP contribution in [0, 0.1) is 5.92 Å². The maximum absolute atomic E-state index is 11.6. The van der Waals surface area contributed by atoms with E-state index < -0.39 is 5.97 Å². The van der Waals surface area contributed by atoms with Crippen molar-refractivity contribution in [3.05, 3.63) is 28.2 Å². The Labute approximate surface area is 123 Å². The molecule has 116 valence electrons. The van der Waals surface area contributed by atoms with Gasteiger partial charge in [0, 0.05) is 31.4 Å². The first kappa shape index (κ1) is 15.6. The van der Waals surface area contributed by atoms with Gasteiger partial charge in [-0.05, 0) is 25.8 Å². The Morgan fingerprint density at radius 3 is 2.90 bits per heavy atom. The van der Waals surface area contributed by atoms with E-state index in [1.807, 2.05) is 11.5 Å². The molecule has 0 amide bonds. The lowest BCUT2D eigenvalue weighted by Crippen LogP contribution is -2.39. The molecular weight excluding hydrogens is 272 g/mol. The normalized spacial score (nSPS) is 19.6. The Balaban J connectivity index is 2.16. The Hall–Kier alpha value is -1.82. The van der Waals surface area contributed by atoms with Crippen LogP contribution in [-0.4, -0.2) is 38.7 Å². The van der Waals surface area contributed by atoms with Crippen LogP contribution in [0.25, 0.3) is 0 Å². The molecule has 2 N–H and O–H groups in total. The molecule has 21 heavy (non-hydrogen) atoms. The zero-order valence-corrected chi connectivity index (χ0v) is 12.3. The van der Waals surface area contributed by atoms with Gasteiger partial charge in [-0.15, -0.1) is 0 Å². The van der Waals surface area contributed by atoms with Gasteiger partial charge in [-0.2, -0.15) is 0 Å². The lowest BCUT2D eigenvalue weighted by atomic mass is 9.98. The van der Waals surface area contributed by atoms with Crippen molar-refractivity contribution in [2.75, 3.05) is 13.1 Å². The van der Waals surface area contributed by atoms with Gasteiger partial charge in [-0.1, -0.05) is 6.92 Å². The molecule has 1 aliphatic rings. The number of aryl methyl sites for hydroxylation is 1. The van der Waals surface area contributed by atoms with Crippen molar-refractivity contribution in [1.82, 2.24) is 9.47 Å². The lowest BCUT2D eigenvalue weighted by Gasteiger charge is -2.31. The highest BCUT2D eigenvalue weighted by atomic mass is 16.4. The van der Waals surface area contributed by atoms with Crippen LogP contribution in [0.5, 0.6) is 5.75 Å². The summed E-state index contributed by atoms with van der Waals surface area (Å²) in [4.78, 5) is 24.8. The fraction of sp³-hybridized carbons (Fsp3) is 0.600.